The number of piperazine rings is 1. The van der Waals surface area contributed by atoms with E-state index < -0.39 is 0 Å². The van der Waals surface area contributed by atoms with Crippen LogP contribution in [0.5, 0.6) is 0 Å². The van der Waals surface area contributed by atoms with E-state index >= 15 is 0 Å². The lowest BCUT2D eigenvalue weighted by molar-refractivity contribution is 0.174. The van der Waals surface area contributed by atoms with E-state index in [1.165, 1.54) is 5.56 Å². The molecule has 24 heavy (non-hydrogen) atoms. The number of pyridine rings is 1. The van der Waals surface area contributed by atoms with Crippen molar-refractivity contribution in [3.05, 3.63) is 30.1 Å². The van der Waals surface area contributed by atoms with Gasteiger partial charge >= 0.3 is 0 Å². The molecule has 0 unspecified atom stereocenters. The van der Waals surface area contributed by atoms with Crippen molar-refractivity contribution in [3.63, 3.8) is 0 Å². The average Bonchev–Trinajstić information content (AvgIpc) is 2.63. The molecule has 6 heteroatoms. The molecule has 1 aliphatic rings. The van der Waals surface area contributed by atoms with Crippen molar-refractivity contribution >= 4 is 17.3 Å². The number of thiocarbonyl (C=S) groups is 1. The smallest absolute Gasteiger partial charge is 0.169 e. The fraction of sp³-hybridized carbons (Fsp3) is 0.667. The maximum Gasteiger partial charge on any atom is 0.169 e. The molecule has 0 amide bonds. The van der Waals surface area contributed by atoms with E-state index in [0.29, 0.717) is 0 Å². The lowest BCUT2D eigenvalue weighted by atomic mass is 10.2. The molecule has 0 bridgehead atoms. The predicted molar refractivity (Wildman–Crippen MR) is 104 cm³/mol. The predicted octanol–water partition coefficient (Wildman–Crippen LogP) is 1.81. The van der Waals surface area contributed by atoms with E-state index in [1.54, 1.807) is 0 Å². The number of hydrogen-bond donors (Lipinski definition) is 1. The van der Waals surface area contributed by atoms with Gasteiger partial charge in [0.25, 0.3) is 0 Å². The summed E-state index contributed by atoms with van der Waals surface area (Å²) < 4.78 is 0. The fourth-order valence-corrected chi connectivity index (χ4v) is 3.29. The quantitative estimate of drug-likeness (QED) is 0.570. The standard InChI is InChI=1S/C18H31N5S/c1-3-21(4-2)10-6-9-20-18(24)23-13-11-22(12-14-23)16-17-7-5-8-19-15-17/h5,7-8,15H,3-4,6,9-14,16H2,1-2H3,(H,20,24). The summed E-state index contributed by atoms with van der Waals surface area (Å²) in [5, 5.41) is 4.34. The van der Waals surface area contributed by atoms with Gasteiger partial charge in [0.05, 0.1) is 0 Å². The van der Waals surface area contributed by atoms with Gasteiger partial charge in [-0.15, -0.1) is 0 Å². The first-order valence-electron chi connectivity index (χ1n) is 9.09. The van der Waals surface area contributed by atoms with E-state index in [2.05, 4.69) is 44.9 Å². The Hall–Kier alpha value is -1.24. The van der Waals surface area contributed by atoms with E-state index in [9.17, 15) is 0 Å². The van der Waals surface area contributed by atoms with Gasteiger partial charge in [-0.1, -0.05) is 19.9 Å². The molecule has 2 heterocycles. The van der Waals surface area contributed by atoms with E-state index in [1.807, 2.05) is 18.5 Å². The van der Waals surface area contributed by atoms with Crippen LogP contribution in [0.4, 0.5) is 0 Å². The molecule has 1 aromatic heterocycles. The SMILES string of the molecule is CCN(CC)CCCNC(=S)N1CCN(Cc2cccnc2)CC1. The first-order valence-corrected chi connectivity index (χ1v) is 9.50. The Bertz CT molecular complexity index is 470. The second-order valence-electron chi connectivity index (χ2n) is 6.24. The fourth-order valence-electron chi connectivity index (χ4n) is 3.01. The first kappa shape index (κ1) is 19.1. The van der Waals surface area contributed by atoms with E-state index in [-0.39, 0.29) is 0 Å². The maximum absolute atomic E-state index is 5.55. The largest absolute Gasteiger partial charge is 0.363 e. The second-order valence-corrected chi connectivity index (χ2v) is 6.62. The van der Waals surface area contributed by atoms with Crippen molar-refractivity contribution in [2.24, 2.45) is 0 Å². The molecule has 2 rings (SSSR count). The third-order valence-corrected chi connectivity index (χ3v) is 5.01. The van der Waals surface area contributed by atoms with Crippen molar-refractivity contribution in [2.45, 2.75) is 26.8 Å². The zero-order chi connectivity index (χ0) is 17.2. The Morgan fingerprint density at radius 3 is 2.62 bits per heavy atom. The van der Waals surface area contributed by atoms with Gasteiger partial charge in [-0.2, -0.15) is 0 Å². The summed E-state index contributed by atoms with van der Waals surface area (Å²) in [6.45, 7) is 13.9. The zero-order valence-corrected chi connectivity index (χ0v) is 15.9. The van der Waals surface area contributed by atoms with Gasteiger partial charge in [0, 0.05) is 51.7 Å². The maximum atomic E-state index is 5.55. The first-order chi connectivity index (χ1) is 11.7. The normalized spacial score (nSPS) is 15.7. The van der Waals surface area contributed by atoms with Gasteiger partial charge in [0.15, 0.2) is 5.11 Å². The molecule has 134 valence electrons. The summed E-state index contributed by atoms with van der Waals surface area (Å²) in [5.41, 5.74) is 1.28. The summed E-state index contributed by atoms with van der Waals surface area (Å²) >= 11 is 5.55. The molecule has 0 saturated carbocycles. The van der Waals surface area contributed by atoms with Crippen LogP contribution in [0, 0.1) is 0 Å². The van der Waals surface area contributed by atoms with Crippen LogP contribution >= 0.6 is 12.2 Å². The Kier molecular flexibility index (Phi) is 8.42. The van der Waals surface area contributed by atoms with Crippen LogP contribution < -0.4 is 5.32 Å². The van der Waals surface area contributed by atoms with Crippen molar-refractivity contribution in [1.82, 2.24) is 25.0 Å². The van der Waals surface area contributed by atoms with Crippen LogP contribution in [-0.2, 0) is 6.54 Å². The van der Waals surface area contributed by atoms with Gasteiger partial charge in [-0.05, 0) is 49.9 Å². The van der Waals surface area contributed by atoms with Crippen LogP contribution in [0.25, 0.3) is 0 Å². The summed E-state index contributed by atoms with van der Waals surface area (Å²) in [6, 6.07) is 4.14. The topological polar surface area (TPSA) is 34.6 Å². The van der Waals surface area contributed by atoms with E-state index in [4.69, 9.17) is 12.2 Å². The van der Waals surface area contributed by atoms with Gasteiger partial charge in [-0.25, -0.2) is 0 Å². The zero-order valence-electron chi connectivity index (χ0n) is 15.1. The second kappa shape index (κ2) is 10.6. The van der Waals surface area contributed by atoms with Gasteiger partial charge < -0.3 is 15.1 Å². The molecule has 0 aliphatic carbocycles. The minimum absolute atomic E-state index is 0.913. The van der Waals surface area contributed by atoms with Crippen LogP contribution in [-0.4, -0.2) is 77.2 Å². The lowest BCUT2D eigenvalue weighted by Crippen LogP contribution is -2.51. The van der Waals surface area contributed by atoms with Crippen molar-refractivity contribution in [2.75, 3.05) is 52.4 Å². The molecular weight excluding hydrogens is 318 g/mol. The average molecular weight is 350 g/mol. The number of nitrogens with one attached hydrogen (secondary N) is 1. The molecule has 5 nitrogen and oxygen atoms in total. The van der Waals surface area contributed by atoms with Gasteiger partial charge in [-0.3, -0.25) is 9.88 Å². The van der Waals surface area contributed by atoms with Crippen LogP contribution in [0.2, 0.25) is 0 Å². The van der Waals surface area contributed by atoms with Crippen molar-refractivity contribution < 1.29 is 0 Å². The van der Waals surface area contributed by atoms with Crippen LogP contribution in [0.15, 0.2) is 24.5 Å². The highest BCUT2D eigenvalue weighted by Gasteiger charge is 2.18. The summed E-state index contributed by atoms with van der Waals surface area (Å²) in [5.74, 6) is 0. The minimum atomic E-state index is 0.913. The van der Waals surface area contributed by atoms with Crippen molar-refractivity contribution in [3.8, 4) is 0 Å². The summed E-state index contributed by atoms with van der Waals surface area (Å²) in [7, 11) is 0. The minimum Gasteiger partial charge on any atom is -0.363 e. The molecular formula is C18H31N5S. The molecule has 0 spiro atoms. The molecule has 1 aliphatic heterocycles. The molecule has 0 radical (unpaired) electrons. The third kappa shape index (κ3) is 6.34. The Morgan fingerprint density at radius 2 is 2.00 bits per heavy atom. The Morgan fingerprint density at radius 1 is 1.25 bits per heavy atom. The number of hydrogen-bond acceptors (Lipinski definition) is 4. The van der Waals surface area contributed by atoms with Gasteiger partial charge in [0.1, 0.15) is 0 Å². The molecule has 1 fully saturated rings. The monoisotopic (exact) mass is 349 g/mol. The Balaban J connectivity index is 1.62. The highest BCUT2D eigenvalue weighted by Crippen LogP contribution is 2.07. The molecule has 0 aromatic carbocycles. The van der Waals surface area contributed by atoms with Crippen LogP contribution in [0.3, 0.4) is 0 Å². The molecule has 1 aromatic rings. The number of rotatable bonds is 8. The summed E-state index contributed by atoms with van der Waals surface area (Å²) in [4.78, 5) is 11.4. The van der Waals surface area contributed by atoms with Crippen molar-refractivity contribution in [1.29, 1.82) is 0 Å². The van der Waals surface area contributed by atoms with E-state index in [0.717, 1.165) is 70.4 Å². The number of nitrogens with zero attached hydrogens (tertiary/aromatic N) is 4. The molecule has 0 atom stereocenters. The Labute approximate surface area is 152 Å². The lowest BCUT2D eigenvalue weighted by Gasteiger charge is -2.36. The van der Waals surface area contributed by atoms with Gasteiger partial charge in [0.2, 0.25) is 0 Å². The highest BCUT2D eigenvalue weighted by molar-refractivity contribution is 7.80. The number of aromatic nitrogens is 1. The van der Waals surface area contributed by atoms with Crippen LogP contribution in [0.1, 0.15) is 25.8 Å². The molecule has 1 saturated heterocycles. The molecule has 1 N–H and O–H groups in total. The summed E-state index contributed by atoms with van der Waals surface area (Å²) in [6.07, 6.45) is 4.92. The highest BCUT2D eigenvalue weighted by atomic mass is 32.1. The third-order valence-electron chi connectivity index (χ3n) is 4.61.